The molecule has 0 aliphatic rings. The average molecular weight is 335 g/mol. The van der Waals surface area contributed by atoms with E-state index in [-0.39, 0.29) is 0 Å². The number of pyridine rings is 1. The summed E-state index contributed by atoms with van der Waals surface area (Å²) in [4.78, 5) is 4.28. The highest BCUT2D eigenvalue weighted by Gasteiger charge is 2.06. The summed E-state index contributed by atoms with van der Waals surface area (Å²) in [6, 6.07) is 13.4. The van der Waals surface area contributed by atoms with E-state index in [0.29, 0.717) is 5.02 Å². The van der Waals surface area contributed by atoms with E-state index < -0.39 is 0 Å². The lowest BCUT2D eigenvalue weighted by Crippen LogP contribution is -1.95. The Kier molecular flexibility index (Phi) is 3.36. The first-order chi connectivity index (χ1) is 9.24. The third-order valence-electron chi connectivity index (χ3n) is 2.68. The number of aromatic nitrogens is 3. The molecule has 2 aromatic heterocycles. The van der Waals surface area contributed by atoms with E-state index in [1.54, 1.807) is 10.9 Å². The number of nitrogens with zero attached hydrogens (tertiary/aromatic N) is 3. The maximum Gasteiger partial charge on any atom is 0.111 e. The van der Waals surface area contributed by atoms with Crippen molar-refractivity contribution >= 4 is 27.5 Å². The van der Waals surface area contributed by atoms with E-state index >= 15 is 0 Å². The quantitative estimate of drug-likeness (QED) is 0.697. The SMILES string of the molecule is Clc1cc(-n2ccc(-c3ccccn3)n2)ccc1Br. The van der Waals surface area contributed by atoms with Crippen LogP contribution in [0, 0.1) is 0 Å². The zero-order chi connectivity index (χ0) is 13.2. The fraction of sp³-hybridized carbons (Fsp3) is 0. The van der Waals surface area contributed by atoms with Crippen molar-refractivity contribution in [3.63, 3.8) is 0 Å². The highest BCUT2D eigenvalue weighted by molar-refractivity contribution is 9.10. The Balaban J connectivity index is 1.99. The molecule has 5 heteroatoms. The zero-order valence-corrected chi connectivity index (χ0v) is 12.1. The molecule has 0 atom stereocenters. The molecule has 0 N–H and O–H groups in total. The molecule has 0 aliphatic carbocycles. The van der Waals surface area contributed by atoms with Crippen molar-refractivity contribution in [1.82, 2.24) is 14.8 Å². The third-order valence-corrected chi connectivity index (χ3v) is 3.92. The van der Waals surface area contributed by atoms with Crippen molar-refractivity contribution < 1.29 is 0 Å². The topological polar surface area (TPSA) is 30.7 Å². The van der Waals surface area contributed by atoms with Crippen LogP contribution in [0.4, 0.5) is 0 Å². The summed E-state index contributed by atoms with van der Waals surface area (Å²) in [5.41, 5.74) is 2.60. The molecule has 0 saturated heterocycles. The standard InChI is InChI=1S/C14H9BrClN3/c15-11-5-4-10(9-12(11)16)19-8-6-14(18-19)13-3-1-2-7-17-13/h1-9H. The Morgan fingerprint density at radius 1 is 1.05 bits per heavy atom. The Morgan fingerprint density at radius 3 is 2.68 bits per heavy atom. The molecular formula is C14H9BrClN3. The number of rotatable bonds is 2. The van der Waals surface area contributed by atoms with Crippen LogP contribution >= 0.6 is 27.5 Å². The largest absolute Gasteiger partial charge is 0.255 e. The van der Waals surface area contributed by atoms with Gasteiger partial charge in [0, 0.05) is 16.9 Å². The minimum absolute atomic E-state index is 0.660. The van der Waals surface area contributed by atoms with E-state index in [9.17, 15) is 0 Å². The first kappa shape index (κ1) is 12.4. The van der Waals surface area contributed by atoms with Crippen molar-refractivity contribution in [2.75, 3.05) is 0 Å². The van der Waals surface area contributed by atoms with Crippen molar-refractivity contribution in [2.45, 2.75) is 0 Å². The van der Waals surface area contributed by atoms with Crippen molar-refractivity contribution in [3.8, 4) is 17.1 Å². The molecule has 0 amide bonds. The second kappa shape index (κ2) is 5.15. The fourth-order valence-corrected chi connectivity index (χ4v) is 2.17. The minimum Gasteiger partial charge on any atom is -0.255 e. The molecule has 0 fully saturated rings. The van der Waals surface area contributed by atoms with Crippen LogP contribution in [0.15, 0.2) is 59.3 Å². The van der Waals surface area contributed by atoms with Gasteiger partial charge in [-0.3, -0.25) is 4.98 Å². The summed E-state index contributed by atoms with van der Waals surface area (Å²) in [5.74, 6) is 0. The normalized spacial score (nSPS) is 10.6. The van der Waals surface area contributed by atoms with Gasteiger partial charge in [-0.2, -0.15) is 5.10 Å². The molecule has 0 unspecified atom stereocenters. The van der Waals surface area contributed by atoms with Gasteiger partial charge in [-0.1, -0.05) is 17.7 Å². The van der Waals surface area contributed by atoms with Crippen LogP contribution in [0.5, 0.6) is 0 Å². The van der Waals surface area contributed by atoms with Gasteiger partial charge in [0.25, 0.3) is 0 Å². The number of hydrogen-bond donors (Lipinski definition) is 0. The van der Waals surface area contributed by atoms with E-state index in [1.165, 1.54) is 0 Å². The van der Waals surface area contributed by atoms with Gasteiger partial charge in [0.2, 0.25) is 0 Å². The molecule has 0 aliphatic heterocycles. The summed E-state index contributed by atoms with van der Waals surface area (Å²) < 4.78 is 2.65. The Morgan fingerprint density at radius 2 is 1.95 bits per heavy atom. The zero-order valence-electron chi connectivity index (χ0n) is 9.79. The smallest absolute Gasteiger partial charge is 0.111 e. The Bertz CT molecular complexity index is 710. The van der Waals surface area contributed by atoms with E-state index in [2.05, 4.69) is 26.0 Å². The van der Waals surface area contributed by atoms with Gasteiger partial charge in [-0.25, -0.2) is 4.68 Å². The lowest BCUT2D eigenvalue weighted by atomic mass is 10.3. The average Bonchev–Trinajstić information content (AvgIpc) is 2.93. The van der Waals surface area contributed by atoms with Crippen LogP contribution in [0.25, 0.3) is 17.1 Å². The summed E-state index contributed by atoms with van der Waals surface area (Å²) in [6.07, 6.45) is 3.65. The predicted octanol–water partition coefficient (Wildman–Crippen LogP) is 4.35. The molecule has 3 nitrogen and oxygen atoms in total. The van der Waals surface area contributed by atoms with Crippen LogP contribution in [-0.4, -0.2) is 14.8 Å². The van der Waals surface area contributed by atoms with Gasteiger partial charge in [-0.05, 0) is 52.3 Å². The van der Waals surface area contributed by atoms with Gasteiger partial charge in [-0.15, -0.1) is 0 Å². The molecule has 3 aromatic rings. The summed E-state index contributed by atoms with van der Waals surface area (Å²) in [6.45, 7) is 0. The predicted molar refractivity (Wildman–Crippen MR) is 79.5 cm³/mol. The first-order valence-corrected chi connectivity index (χ1v) is 6.83. The minimum atomic E-state index is 0.660. The second-order valence-electron chi connectivity index (χ2n) is 3.96. The molecule has 2 heterocycles. The lowest BCUT2D eigenvalue weighted by molar-refractivity contribution is 0.882. The van der Waals surface area contributed by atoms with Crippen LogP contribution < -0.4 is 0 Å². The van der Waals surface area contributed by atoms with Gasteiger partial charge in [0.1, 0.15) is 5.69 Å². The highest BCUT2D eigenvalue weighted by Crippen LogP contribution is 2.25. The monoisotopic (exact) mass is 333 g/mol. The van der Waals surface area contributed by atoms with Crippen LogP contribution in [0.2, 0.25) is 5.02 Å². The molecule has 3 rings (SSSR count). The first-order valence-electron chi connectivity index (χ1n) is 5.66. The number of benzene rings is 1. The molecule has 94 valence electrons. The molecular weight excluding hydrogens is 326 g/mol. The van der Waals surface area contributed by atoms with Gasteiger partial charge in [0.05, 0.1) is 16.4 Å². The van der Waals surface area contributed by atoms with E-state index in [4.69, 9.17) is 11.6 Å². The van der Waals surface area contributed by atoms with Gasteiger partial charge >= 0.3 is 0 Å². The highest BCUT2D eigenvalue weighted by atomic mass is 79.9. The van der Waals surface area contributed by atoms with Crippen molar-refractivity contribution in [2.24, 2.45) is 0 Å². The maximum atomic E-state index is 6.09. The van der Waals surface area contributed by atoms with Gasteiger partial charge < -0.3 is 0 Å². The summed E-state index contributed by atoms with van der Waals surface area (Å²) in [5, 5.41) is 5.16. The maximum absolute atomic E-state index is 6.09. The molecule has 19 heavy (non-hydrogen) atoms. The number of hydrogen-bond acceptors (Lipinski definition) is 2. The van der Waals surface area contributed by atoms with Crippen LogP contribution in [0.1, 0.15) is 0 Å². The molecule has 0 saturated carbocycles. The molecule has 0 spiro atoms. The molecule has 0 bridgehead atoms. The van der Waals surface area contributed by atoms with Gasteiger partial charge in [0.15, 0.2) is 0 Å². The number of halogens is 2. The van der Waals surface area contributed by atoms with Crippen LogP contribution in [0.3, 0.4) is 0 Å². The molecule has 0 radical (unpaired) electrons. The van der Waals surface area contributed by atoms with Crippen LogP contribution in [-0.2, 0) is 0 Å². The fourth-order valence-electron chi connectivity index (χ4n) is 1.75. The van der Waals surface area contributed by atoms with Crippen molar-refractivity contribution in [3.05, 3.63) is 64.4 Å². The Hall–Kier alpha value is -1.65. The third kappa shape index (κ3) is 2.55. The Labute approximate surface area is 124 Å². The second-order valence-corrected chi connectivity index (χ2v) is 5.22. The van der Waals surface area contributed by atoms with E-state index in [1.807, 2.05) is 48.7 Å². The van der Waals surface area contributed by atoms with Crippen molar-refractivity contribution in [1.29, 1.82) is 0 Å². The van der Waals surface area contributed by atoms with E-state index in [0.717, 1.165) is 21.5 Å². The lowest BCUT2D eigenvalue weighted by Gasteiger charge is -2.03. The summed E-state index contributed by atoms with van der Waals surface area (Å²) >= 11 is 9.46. The molecule has 1 aromatic carbocycles. The summed E-state index contributed by atoms with van der Waals surface area (Å²) in [7, 11) is 0.